The van der Waals surface area contributed by atoms with E-state index in [9.17, 15) is 18.4 Å². The summed E-state index contributed by atoms with van der Waals surface area (Å²) >= 11 is 0. The highest BCUT2D eigenvalue weighted by molar-refractivity contribution is 6.18. The van der Waals surface area contributed by atoms with E-state index in [-0.39, 0.29) is 42.1 Å². The number of benzene rings is 1. The van der Waals surface area contributed by atoms with E-state index in [1.807, 2.05) is 23.3 Å². The lowest BCUT2D eigenvalue weighted by Gasteiger charge is -2.33. The highest BCUT2D eigenvalue weighted by Gasteiger charge is 2.44. The van der Waals surface area contributed by atoms with Crippen LogP contribution in [0.3, 0.4) is 0 Å². The van der Waals surface area contributed by atoms with E-state index in [1.165, 1.54) is 6.07 Å². The number of rotatable bonds is 6. The summed E-state index contributed by atoms with van der Waals surface area (Å²) in [5.41, 5.74) is 1.62. The van der Waals surface area contributed by atoms with E-state index in [1.54, 1.807) is 28.1 Å². The Bertz CT molecular complexity index is 1570. The number of nitrogens with zero attached hydrogens (tertiary/aromatic N) is 7. The van der Waals surface area contributed by atoms with Crippen molar-refractivity contribution in [1.82, 2.24) is 24.3 Å². The maximum absolute atomic E-state index is 14.2. The van der Waals surface area contributed by atoms with Crippen molar-refractivity contribution in [3.63, 3.8) is 0 Å². The van der Waals surface area contributed by atoms with Crippen LogP contribution in [0.4, 0.5) is 14.6 Å². The smallest absolute Gasteiger partial charge is 0.283 e. The first-order chi connectivity index (χ1) is 20.2. The lowest BCUT2D eigenvalue weighted by atomic mass is 10.1. The predicted molar refractivity (Wildman–Crippen MR) is 152 cm³/mol. The average molecular weight is 578 g/mol. The van der Waals surface area contributed by atoms with E-state index >= 15 is 0 Å². The summed E-state index contributed by atoms with van der Waals surface area (Å²) in [7, 11) is 0. The van der Waals surface area contributed by atoms with Crippen LogP contribution in [0.5, 0.6) is 0 Å². The molecular formula is C30H33F2N7O3. The molecule has 42 heavy (non-hydrogen) atoms. The van der Waals surface area contributed by atoms with Crippen LogP contribution in [-0.2, 0) is 11.3 Å². The van der Waals surface area contributed by atoms with Gasteiger partial charge in [0.15, 0.2) is 17.3 Å². The minimum absolute atomic E-state index is 0.0299. The van der Waals surface area contributed by atoms with Crippen molar-refractivity contribution < 1.29 is 23.1 Å². The number of anilines is 1. The van der Waals surface area contributed by atoms with Gasteiger partial charge in [-0.2, -0.15) is 0 Å². The third-order valence-electron chi connectivity index (χ3n) is 7.96. The molecule has 0 bridgehead atoms. The Kier molecular flexibility index (Phi) is 7.25. The second kappa shape index (κ2) is 10.9. The molecule has 10 nitrogen and oxygen atoms in total. The van der Waals surface area contributed by atoms with E-state index in [0.29, 0.717) is 67.2 Å². The predicted octanol–water partition coefficient (Wildman–Crippen LogP) is 3.81. The number of fused-ring (bicyclic) bond motifs is 3. The minimum Gasteiger partial charge on any atom is -0.375 e. The molecule has 5 heterocycles. The number of hydrogen-bond donors (Lipinski definition) is 0. The van der Waals surface area contributed by atoms with Crippen LogP contribution in [0.15, 0.2) is 41.5 Å². The summed E-state index contributed by atoms with van der Waals surface area (Å²) in [6.45, 7) is 10.5. The van der Waals surface area contributed by atoms with Crippen LogP contribution < -0.4 is 4.90 Å². The van der Waals surface area contributed by atoms with Crippen molar-refractivity contribution in [2.75, 3.05) is 37.7 Å². The Labute approximate surface area is 242 Å². The number of ether oxygens (including phenoxy) is 1. The van der Waals surface area contributed by atoms with Gasteiger partial charge >= 0.3 is 0 Å². The van der Waals surface area contributed by atoms with Crippen molar-refractivity contribution in [3.05, 3.63) is 65.1 Å². The zero-order valence-corrected chi connectivity index (χ0v) is 24.0. The van der Waals surface area contributed by atoms with E-state index < -0.39 is 11.6 Å². The second-order valence-electron chi connectivity index (χ2n) is 11.2. The lowest BCUT2D eigenvalue weighted by Crippen LogP contribution is -2.50. The SMILES string of the molecule is CCN1C(=O)c2nc(-c3ccc(C(=O)N4CCOC(C)C4)nc3)n(Cc3ccc(F)c(F)c3)c2N2C[C@@H](C(C)C)N=C12. The van der Waals surface area contributed by atoms with Gasteiger partial charge in [-0.1, -0.05) is 19.9 Å². The number of pyridine rings is 1. The molecule has 1 aromatic carbocycles. The number of aliphatic imine (C=N–C) groups is 1. The molecule has 1 unspecified atom stereocenters. The number of aromatic nitrogens is 3. The highest BCUT2D eigenvalue weighted by atomic mass is 19.2. The number of halogens is 2. The first-order valence-corrected chi connectivity index (χ1v) is 14.2. The van der Waals surface area contributed by atoms with Crippen molar-refractivity contribution in [1.29, 1.82) is 0 Å². The van der Waals surface area contributed by atoms with Crippen molar-refractivity contribution in [2.24, 2.45) is 10.9 Å². The summed E-state index contributed by atoms with van der Waals surface area (Å²) in [5.74, 6) is -0.582. The monoisotopic (exact) mass is 577 g/mol. The van der Waals surface area contributed by atoms with Crippen molar-refractivity contribution in [2.45, 2.75) is 46.4 Å². The first-order valence-electron chi connectivity index (χ1n) is 14.2. The Morgan fingerprint density at radius 1 is 1.14 bits per heavy atom. The van der Waals surface area contributed by atoms with Gasteiger partial charge in [-0.05, 0) is 49.6 Å². The largest absolute Gasteiger partial charge is 0.375 e. The molecular weight excluding hydrogens is 544 g/mol. The summed E-state index contributed by atoms with van der Waals surface area (Å²) in [6, 6.07) is 7.11. The average Bonchev–Trinajstić information content (AvgIpc) is 3.58. The number of imidazole rings is 1. The Balaban J connectivity index is 1.44. The number of amides is 2. The molecule has 0 N–H and O–H groups in total. The molecule has 0 radical (unpaired) electrons. The van der Waals surface area contributed by atoms with Gasteiger partial charge in [0.25, 0.3) is 11.8 Å². The molecule has 0 spiro atoms. The number of morpholine rings is 1. The maximum Gasteiger partial charge on any atom is 0.283 e. The summed E-state index contributed by atoms with van der Waals surface area (Å²) in [5, 5.41) is 0. The molecule has 2 aromatic heterocycles. The number of carbonyl (C=O) groups excluding carboxylic acids is 2. The van der Waals surface area contributed by atoms with Gasteiger partial charge in [-0.25, -0.2) is 18.8 Å². The third-order valence-corrected chi connectivity index (χ3v) is 7.96. The number of hydrogen-bond acceptors (Lipinski definition) is 7. The van der Waals surface area contributed by atoms with Crippen molar-refractivity contribution >= 4 is 23.6 Å². The normalized spacial score (nSPS) is 20.2. The zero-order valence-electron chi connectivity index (χ0n) is 24.0. The molecule has 3 aromatic rings. The molecule has 12 heteroatoms. The highest BCUT2D eigenvalue weighted by Crippen LogP contribution is 2.37. The van der Waals surface area contributed by atoms with Crippen LogP contribution >= 0.6 is 0 Å². The minimum atomic E-state index is -0.957. The molecule has 2 amide bonds. The molecule has 0 aliphatic carbocycles. The first kappa shape index (κ1) is 28.0. The molecule has 6 rings (SSSR count). The molecule has 220 valence electrons. The molecule has 0 saturated carbocycles. The molecule has 3 aliphatic rings. The molecule has 1 fully saturated rings. The van der Waals surface area contributed by atoms with Crippen LogP contribution in [0.1, 0.15) is 54.2 Å². The van der Waals surface area contributed by atoms with E-state index in [0.717, 1.165) is 12.1 Å². The molecule has 1 saturated heterocycles. The summed E-state index contributed by atoms with van der Waals surface area (Å²) in [4.78, 5) is 46.3. The van der Waals surface area contributed by atoms with Crippen LogP contribution in [-0.4, -0.2) is 87.0 Å². The van der Waals surface area contributed by atoms with Gasteiger partial charge in [0.1, 0.15) is 17.3 Å². The Hall–Kier alpha value is -4.19. The summed E-state index contributed by atoms with van der Waals surface area (Å²) < 4.78 is 35.4. The number of carbonyl (C=O) groups is 2. The van der Waals surface area contributed by atoms with Gasteiger partial charge < -0.3 is 14.2 Å². The van der Waals surface area contributed by atoms with Gasteiger partial charge in [0.05, 0.1) is 31.8 Å². The molecule has 2 atom stereocenters. The van der Waals surface area contributed by atoms with Gasteiger partial charge in [0, 0.05) is 31.4 Å². The lowest BCUT2D eigenvalue weighted by molar-refractivity contribution is -0.0126. The third kappa shape index (κ3) is 4.83. The zero-order chi connectivity index (χ0) is 29.7. The van der Waals surface area contributed by atoms with Crippen LogP contribution in [0, 0.1) is 17.6 Å². The standard InChI is InChI=1S/C30H33F2N7O3/c1-5-37-29(41)25-27(39-16-24(17(2)3)34-30(37)39)38(15-19-6-8-21(31)22(32)12-19)26(35-25)20-7-9-23(33-13-20)28(40)36-10-11-42-18(4)14-36/h6-9,12-13,17-18,24H,5,10-11,14-16H2,1-4H3/t18?,24-/m0/s1. The molecule has 3 aliphatic heterocycles. The van der Waals surface area contributed by atoms with Gasteiger partial charge in [-0.3, -0.25) is 24.4 Å². The fraction of sp³-hybridized carbons (Fsp3) is 0.433. The van der Waals surface area contributed by atoms with E-state index in [4.69, 9.17) is 14.7 Å². The fourth-order valence-electron chi connectivity index (χ4n) is 5.66. The van der Waals surface area contributed by atoms with Crippen LogP contribution in [0.25, 0.3) is 11.4 Å². The topological polar surface area (TPSA) is 96.2 Å². The fourth-order valence-corrected chi connectivity index (χ4v) is 5.66. The Morgan fingerprint density at radius 2 is 1.95 bits per heavy atom. The van der Waals surface area contributed by atoms with Gasteiger partial charge in [-0.15, -0.1) is 0 Å². The van der Waals surface area contributed by atoms with Crippen molar-refractivity contribution in [3.8, 4) is 11.4 Å². The Morgan fingerprint density at radius 3 is 2.62 bits per heavy atom. The van der Waals surface area contributed by atoms with Gasteiger partial charge in [0.2, 0.25) is 5.96 Å². The maximum atomic E-state index is 14.2. The quantitative estimate of drug-likeness (QED) is 0.442. The number of guanidine groups is 1. The van der Waals surface area contributed by atoms with Crippen LogP contribution in [0.2, 0.25) is 0 Å². The van der Waals surface area contributed by atoms with E-state index in [2.05, 4.69) is 18.8 Å². The second-order valence-corrected chi connectivity index (χ2v) is 11.2. The summed E-state index contributed by atoms with van der Waals surface area (Å²) in [6.07, 6.45) is 1.51.